The zero-order chi connectivity index (χ0) is 10.4. The maximum Gasteiger partial charge on any atom is 0.305 e. The number of aryl methyl sites for hydroxylation is 1. The molecule has 1 aromatic heterocycles. The maximum absolute atomic E-state index is 10.8. The van der Waals surface area contributed by atoms with Crippen LogP contribution in [0.1, 0.15) is 22.5 Å². The summed E-state index contributed by atoms with van der Waals surface area (Å²) in [5.41, 5.74) is 1.31. The fourth-order valence-corrected chi connectivity index (χ4v) is 0.986. The molecule has 1 rings (SSSR count). The van der Waals surface area contributed by atoms with E-state index in [4.69, 9.17) is 0 Å². The number of carbonyl (C=O) groups is 2. The van der Waals surface area contributed by atoms with Crippen LogP contribution in [-0.4, -0.2) is 24.3 Å². The third-order valence-corrected chi connectivity index (χ3v) is 1.80. The van der Waals surface area contributed by atoms with Gasteiger partial charge in [-0.1, -0.05) is 0 Å². The Morgan fingerprint density at radius 1 is 1.57 bits per heavy atom. The Kier molecular flexibility index (Phi) is 3.79. The van der Waals surface area contributed by atoms with Gasteiger partial charge in [0.15, 0.2) is 6.29 Å². The van der Waals surface area contributed by atoms with Crippen molar-refractivity contribution in [1.82, 2.24) is 4.98 Å². The van der Waals surface area contributed by atoms with Crippen molar-refractivity contribution in [2.45, 2.75) is 12.8 Å². The Bertz CT molecular complexity index is 319. The zero-order valence-electron chi connectivity index (χ0n) is 7.90. The van der Waals surface area contributed by atoms with Crippen molar-refractivity contribution in [2.75, 3.05) is 7.11 Å². The van der Waals surface area contributed by atoms with Gasteiger partial charge in [-0.15, -0.1) is 0 Å². The minimum atomic E-state index is -0.258. The lowest BCUT2D eigenvalue weighted by Crippen LogP contribution is -2.03. The molecule has 1 aromatic rings. The summed E-state index contributed by atoms with van der Waals surface area (Å²) < 4.78 is 4.49. The quantitative estimate of drug-likeness (QED) is 0.528. The second kappa shape index (κ2) is 5.11. The van der Waals surface area contributed by atoms with E-state index in [1.54, 1.807) is 12.1 Å². The van der Waals surface area contributed by atoms with Crippen molar-refractivity contribution in [3.05, 3.63) is 29.6 Å². The highest BCUT2D eigenvalue weighted by atomic mass is 16.5. The van der Waals surface area contributed by atoms with Crippen molar-refractivity contribution < 1.29 is 14.3 Å². The molecule has 0 spiro atoms. The number of pyridine rings is 1. The molecule has 0 aliphatic rings. The third kappa shape index (κ3) is 2.97. The first-order valence-corrected chi connectivity index (χ1v) is 4.23. The maximum atomic E-state index is 10.8. The van der Waals surface area contributed by atoms with Gasteiger partial charge in [-0.2, -0.15) is 0 Å². The van der Waals surface area contributed by atoms with Crippen LogP contribution < -0.4 is 0 Å². The summed E-state index contributed by atoms with van der Waals surface area (Å²) in [6.07, 6.45) is 3.06. The normalized spacial score (nSPS) is 9.50. The third-order valence-electron chi connectivity index (χ3n) is 1.80. The number of ether oxygens (including phenoxy) is 1. The SMILES string of the molecule is COC(=O)CCc1ccc(C=O)cn1. The number of hydrogen-bond acceptors (Lipinski definition) is 4. The lowest BCUT2D eigenvalue weighted by atomic mass is 10.2. The molecule has 0 N–H and O–H groups in total. The van der Waals surface area contributed by atoms with E-state index in [-0.39, 0.29) is 5.97 Å². The number of aromatic nitrogens is 1. The summed E-state index contributed by atoms with van der Waals surface area (Å²) in [5, 5.41) is 0. The molecule has 74 valence electrons. The number of rotatable bonds is 4. The van der Waals surface area contributed by atoms with Crippen LogP contribution in [0.3, 0.4) is 0 Å². The summed E-state index contributed by atoms with van der Waals surface area (Å²) in [6.45, 7) is 0. The van der Waals surface area contributed by atoms with Crippen LogP contribution in [0.25, 0.3) is 0 Å². The van der Waals surface area contributed by atoms with E-state index in [0.717, 1.165) is 12.0 Å². The molecule has 0 radical (unpaired) electrons. The second-order valence-corrected chi connectivity index (χ2v) is 2.78. The van der Waals surface area contributed by atoms with E-state index < -0.39 is 0 Å². The fraction of sp³-hybridized carbons (Fsp3) is 0.300. The predicted molar refractivity (Wildman–Crippen MR) is 50.0 cm³/mol. The molecule has 0 amide bonds. The van der Waals surface area contributed by atoms with E-state index in [2.05, 4.69) is 9.72 Å². The van der Waals surface area contributed by atoms with Crippen molar-refractivity contribution in [3.63, 3.8) is 0 Å². The second-order valence-electron chi connectivity index (χ2n) is 2.78. The lowest BCUT2D eigenvalue weighted by molar-refractivity contribution is -0.140. The van der Waals surface area contributed by atoms with Crippen LogP contribution >= 0.6 is 0 Å². The largest absolute Gasteiger partial charge is 0.469 e. The van der Waals surface area contributed by atoms with Crippen molar-refractivity contribution >= 4 is 12.3 Å². The molecule has 4 nitrogen and oxygen atoms in total. The van der Waals surface area contributed by atoms with Gasteiger partial charge >= 0.3 is 5.97 Å². The van der Waals surface area contributed by atoms with Crippen LogP contribution in [0.5, 0.6) is 0 Å². The first kappa shape index (κ1) is 10.4. The highest BCUT2D eigenvalue weighted by Crippen LogP contribution is 2.01. The van der Waals surface area contributed by atoms with Crippen LogP contribution in [0.15, 0.2) is 18.3 Å². The molecule has 14 heavy (non-hydrogen) atoms. The van der Waals surface area contributed by atoms with Crippen molar-refractivity contribution in [3.8, 4) is 0 Å². The number of carbonyl (C=O) groups excluding carboxylic acids is 2. The summed E-state index contributed by atoms with van der Waals surface area (Å²) in [4.78, 5) is 25.1. The van der Waals surface area contributed by atoms with E-state index in [0.29, 0.717) is 18.4 Å². The van der Waals surface area contributed by atoms with Gasteiger partial charge in [0.1, 0.15) is 0 Å². The molecule has 0 aliphatic heterocycles. The molecule has 0 bridgehead atoms. The Morgan fingerprint density at radius 2 is 2.36 bits per heavy atom. The number of methoxy groups -OCH3 is 1. The smallest absolute Gasteiger partial charge is 0.305 e. The minimum absolute atomic E-state index is 0.258. The molecular weight excluding hydrogens is 182 g/mol. The standard InChI is InChI=1S/C10H11NO3/c1-14-10(13)5-4-9-3-2-8(7-12)6-11-9/h2-3,6-7H,4-5H2,1H3. The van der Waals surface area contributed by atoms with Gasteiger partial charge in [0.05, 0.1) is 13.5 Å². The average Bonchev–Trinajstić information content (AvgIpc) is 2.26. The van der Waals surface area contributed by atoms with E-state index in [1.165, 1.54) is 13.3 Å². The van der Waals surface area contributed by atoms with Gasteiger partial charge in [0.2, 0.25) is 0 Å². The Balaban J connectivity index is 2.51. The number of nitrogens with zero attached hydrogens (tertiary/aromatic N) is 1. The fourth-order valence-electron chi connectivity index (χ4n) is 0.986. The van der Waals surface area contributed by atoms with Crippen LogP contribution in [0.4, 0.5) is 0 Å². The van der Waals surface area contributed by atoms with Crippen LogP contribution in [0.2, 0.25) is 0 Å². The van der Waals surface area contributed by atoms with Gasteiger partial charge in [-0.3, -0.25) is 14.6 Å². The predicted octanol–water partition coefficient (Wildman–Crippen LogP) is 1.000. The summed E-state index contributed by atoms with van der Waals surface area (Å²) in [6, 6.07) is 3.40. The molecule has 0 saturated carbocycles. The van der Waals surface area contributed by atoms with Gasteiger partial charge in [0, 0.05) is 23.9 Å². The highest BCUT2D eigenvalue weighted by molar-refractivity contribution is 5.74. The molecule has 0 atom stereocenters. The zero-order valence-corrected chi connectivity index (χ0v) is 7.90. The molecule has 0 aliphatic carbocycles. The molecule has 1 heterocycles. The number of esters is 1. The van der Waals surface area contributed by atoms with Crippen molar-refractivity contribution in [2.24, 2.45) is 0 Å². The number of aldehydes is 1. The molecule has 0 saturated heterocycles. The first-order chi connectivity index (χ1) is 6.76. The summed E-state index contributed by atoms with van der Waals surface area (Å²) in [5.74, 6) is -0.258. The van der Waals surface area contributed by atoms with Crippen molar-refractivity contribution in [1.29, 1.82) is 0 Å². The van der Waals surface area contributed by atoms with Gasteiger partial charge in [-0.05, 0) is 12.1 Å². The average molecular weight is 193 g/mol. The van der Waals surface area contributed by atoms with Gasteiger partial charge < -0.3 is 4.74 Å². The summed E-state index contributed by atoms with van der Waals surface area (Å²) in [7, 11) is 1.35. The monoisotopic (exact) mass is 193 g/mol. The summed E-state index contributed by atoms with van der Waals surface area (Å²) >= 11 is 0. The number of hydrogen-bond donors (Lipinski definition) is 0. The Hall–Kier alpha value is -1.71. The first-order valence-electron chi connectivity index (χ1n) is 4.23. The van der Waals surface area contributed by atoms with E-state index >= 15 is 0 Å². The van der Waals surface area contributed by atoms with Crippen LogP contribution in [-0.2, 0) is 16.0 Å². The lowest BCUT2D eigenvalue weighted by Gasteiger charge is -1.99. The molecular formula is C10H11NO3. The van der Waals surface area contributed by atoms with Gasteiger partial charge in [0.25, 0.3) is 0 Å². The highest BCUT2D eigenvalue weighted by Gasteiger charge is 2.01. The molecule has 0 unspecified atom stereocenters. The molecule has 0 aromatic carbocycles. The minimum Gasteiger partial charge on any atom is -0.469 e. The Morgan fingerprint density at radius 3 is 2.86 bits per heavy atom. The van der Waals surface area contributed by atoms with Crippen LogP contribution in [0, 0.1) is 0 Å². The van der Waals surface area contributed by atoms with Gasteiger partial charge in [-0.25, -0.2) is 0 Å². The molecule has 4 heteroatoms. The topological polar surface area (TPSA) is 56.3 Å². The van der Waals surface area contributed by atoms with E-state index in [1.807, 2.05) is 0 Å². The Labute approximate surface area is 81.9 Å². The molecule has 0 fully saturated rings. The van der Waals surface area contributed by atoms with E-state index in [9.17, 15) is 9.59 Å².